The standard InChI is InChI=1S/C13H19F2NS/c1-3-16-13(9-17-4-2)7-10-5-11(14)8-12(15)6-10/h5-6,8,13,16H,3-4,7,9H2,1-2H3. The third-order valence-corrected chi connectivity index (χ3v) is 3.47. The Kier molecular flexibility index (Phi) is 6.52. The van der Waals surface area contributed by atoms with Crippen molar-refractivity contribution in [3.8, 4) is 0 Å². The molecule has 0 aliphatic heterocycles. The Hall–Kier alpha value is -0.610. The monoisotopic (exact) mass is 259 g/mol. The molecule has 0 bridgehead atoms. The molecule has 1 unspecified atom stereocenters. The lowest BCUT2D eigenvalue weighted by atomic mass is 10.1. The van der Waals surface area contributed by atoms with Crippen LogP contribution in [0.1, 0.15) is 19.4 Å². The second-order valence-corrected chi connectivity index (χ2v) is 5.21. The molecule has 4 heteroatoms. The summed E-state index contributed by atoms with van der Waals surface area (Å²) in [6.07, 6.45) is 0.662. The van der Waals surface area contributed by atoms with E-state index in [2.05, 4.69) is 12.2 Å². The van der Waals surface area contributed by atoms with Crippen LogP contribution in [0.25, 0.3) is 0 Å². The van der Waals surface area contributed by atoms with Gasteiger partial charge in [0.2, 0.25) is 0 Å². The molecule has 0 radical (unpaired) electrons. The molecule has 1 aromatic carbocycles. The normalized spacial score (nSPS) is 12.7. The highest BCUT2D eigenvalue weighted by Crippen LogP contribution is 2.12. The maximum atomic E-state index is 13.1. The van der Waals surface area contributed by atoms with Crippen LogP contribution in [0.5, 0.6) is 0 Å². The molecule has 0 aromatic heterocycles. The first kappa shape index (κ1) is 14.5. The molecule has 1 nitrogen and oxygen atoms in total. The van der Waals surface area contributed by atoms with Crippen LogP contribution in [0.3, 0.4) is 0 Å². The lowest BCUT2D eigenvalue weighted by molar-refractivity contribution is 0.555. The fourth-order valence-electron chi connectivity index (χ4n) is 1.75. The van der Waals surface area contributed by atoms with Crippen LogP contribution in [0.4, 0.5) is 8.78 Å². The summed E-state index contributed by atoms with van der Waals surface area (Å²) in [6, 6.07) is 3.99. The summed E-state index contributed by atoms with van der Waals surface area (Å²) >= 11 is 1.83. The summed E-state index contributed by atoms with van der Waals surface area (Å²) < 4.78 is 26.1. The van der Waals surface area contributed by atoms with Gasteiger partial charge in [0.05, 0.1) is 0 Å². The molecule has 0 aliphatic carbocycles. The number of benzene rings is 1. The fourth-order valence-corrected chi connectivity index (χ4v) is 2.51. The molecule has 1 N–H and O–H groups in total. The second kappa shape index (κ2) is 7.67. The second-order valence-electron chi connectivity index (χ2n) is 3.90. The van der Waals surface area contributed by atoms with Gasteiger partial charge in [-0.25, -0.2) is 8.78 Å². The van der Waals surface area contributed by atoms with Crippen LogP contribution in [-0.2, 0) is 6.42 Å². The van der Waals surface area contributed by atoms with Crippen molar-refractivity contribution in [3.05, 3.63) is 35.4 Å². The van der Waals surface area contributed by atoms with Crippen LogP contribution >= 0.6 is 11.8 Å². The first-order valence-corrected chi connectivity index (χ1v) is 7.07. The van der Waals surface area contributed by atoms with Crippen molar-refractivity contribution in [2.45, 2.75) is 26.3 Å². The van der Waals surface area contributed by atoms with E-state index in [9.17, 15) is 8.78 Å². The van der Waals surface area contributed by atoms with Gasteiger partial charge in [-0.1, -0.05) is 13.8 Å². The van der Waals surface area contributed by atoms with E-state index in [0.717, 1.165) is 24.1 Å². The highest BCUT2D eigenvalue weighted by atomic mass is 32.2. The Labute approximate surface area is 106 Å². The Morgan fingerprint density at radius 1 is 1.18 bits per heavy atom. The Morgan fingerprint density at radius 3 is 2.35 bits per heavy atom. The molecular formula is C13H19F2NS. The predicted molar refractivity (Wildman–Crippen MR) is 70.5 cm³/mol. The van der Waals surface area contributed by atoms with Crippen molar-refractivity contribution in [3.63, 3.8) is 0 Å². The van der Waals surface area contributed by atoms with Crippen LogP contribution in [0.15, 0.2) is 18.2 Å². The largest absolute Gasteiger partial charge is 0.313 e. The average molecular weight is 259 g/mol. The summed E-state index contributed by atoms with van der Waals surface area (Å²) in [4.78, 5) is 0. The molecule has 0 aliphatic rings. The van der Waals surface area contributed by atoms with Crippen LogP contribution in [0, 0.1) is 11.6 Å². The highest BCUT2D eigenvalue weighted by molar-refractivity contribution is 7.99. The molecule has 0 spiro atoms. The lowest BCUT2D eigenvalue weighted by Gasteiger charge is -2.17. The van der Waals surface area contributed by atoms with E-state index >= 15 is 0 Å². The molecule has 0 amide bonds. The molecule has 1 atom stereocenters. The Bertz CT molecular complexity index is 324. The lowest BCUT2D eigenvalue weighted by Crippen LogP contribution is -2.33. The third kappa shape index (κ3) is 5.50. The minimum atomic E-state index is -0.501. The molecule has 1 rings (SSSR count). The van der Waals surface area contributed by atoms with Gasteiger partial charge in [0.15, 0.2) is 0 Å². The van der Waals surface area contributed by atoms with Gasteiger partial charge in [-0.05, 0) is 36.4 Å². The van der Waals surface area contributed by atoms with Gasteiger partial charge in [0.25, 0.3) is 0 Å². The van der Waals surface area contributed by atoms with Crippen molar-refractivity contribution in [1.82, 2.24) is 5.32 Å². The van der Waals surface area contributed by atoms with Crippen molar-refractivity contribution < 1.29 is 8.78 Å². The predicted octanol–water partition coefficient (Wildman–Crippen LogP) is 3.24. The SMILES string of the molecule is CCNC(CSCC)Cc1cc(F)cc(F)c1. The first-order valence-electron chi connectivity index (χ1n) is 5.91. The minimum Gasteiger partial charge on any atom is -0.313 e. The van der Waals surface area contributed by atoms with Gasteiger partial charge in [-0.15, -0.1) is 0 Å². The van der Waals surface area contributed by atoms with E-state index in [1.165, 1.54) is 12.1 Å². The summed E-state index contributed by atoms with van der Waals surface area (Å²) in [5.74, 6) is 1.01. The number of halogens is 2. The fraction of sp³-hybridized carbons (Fsp3) is 0.538. The maximum Gasteiger partial charge on any atom is 0.126 e. The van der Waals surface area contributed by atoms with Gasteiger partial charge in [0.1, 0.15) is 11.6 Å². The van der Waals surface area contributed by atoms with Crippen LogP contribution in [-0.4, -0.2) is 24.1 Å². The van der Waals surface area contributed by atoms with E-state index in [-0.39, 0.29) is 6.04 Å². The van der Waals surface area contributed by atoms with Crippen molar-refractivity contribution in [2.75, 3.05) is 18.1 Å². The van der Waals surface area contributed by atoms with Crippen LogP contribution in [0.2, 0.25) is 0 Å². The Morgan fingerprint density at radius 2 is 1.82 bits per heavy atom. The summed E-state index contributed by atoms with van der Waals surface area (Å²) in [7, 11) is 0. The van der Waals surface area contributed by atoms with Gasteiger partial charge in [0, 0.05) is 17.9 Å². The van der Waals surface area contributed by atoms with Gasteiger partial charge < -0.3 is 5.32 Å². The molecule has 0 saturated heterocycles. The van der Waals surface area contributed by atoms with E-state index in [1.807, 2.05) is 18.7 Å². The number of hydrogen-bond donors (Lipinski definition) is 1. The quantitative estimate of drug-likeness (QED) is 0.807. The van der Waals surface area contributed by atoms with Crippen molar-refractivity contribution in [1.29, 1.82) is 0 Å². The summed E-state index contributed by atoms with van der Waals surface area (Å²) in [6.45, 7) is 5.01. The van der Waals surface area contributed by atoms with Gasteiger partial charge in [-0.2, -0.15) is 11.8 Å². The molecule has 0 heterocycles. The zero-order valence-electron chi connectivity index (χ0n) is 10.3. The Balaban J connectivity index is 2.63. The zero-order valence-corrected chi connectivity index (χ0v) is 11.1. The molecule has 0 saturated carbocycles. The van der Waals surface area contributed by atoms with Crippen molar-refractivity contribution >= 4 is 11.8 Å². The first-order chi connectivity index (χ1) is 8.15. The van der Waals surface area contributed by atoms with E-state index in [4.69, 9.17) is 0 Å². The minimum absolute atomic E-state index is 0.270. The smallest absolute Gasteiger partial charge is 0.126 e. The average Bonchev–Trinajstić information content (AvgIpc) is 2.24. The summed E-state index contributed by atoms with van der Waals surface area (Å²) in [5, 5.41) is 3.34. The van der Waals surface area contributed by atoms with Gasteiger partial charge >= 0.3 is 0 Å². The number of likely N-dealkylation sites (N-methyl/N-ethyl adjacent to an activating group) is 1. The molecule has 0 fully saturated rings. The van der Waals surface area contributed by atoms with Crippen LogP contribution < -0.4 is 5.32 Å². The molecule has 96 valence electrons. The number of hydrogen-bond acceptors (Lipinski definition) is 2. The van der Waals surface area contributed by atoms with E-state index < -0.39 is 11.6 Å². The number of rotatable bonds is 7. The molecule has 1 aromatic rings. The van der Waals surface area contributed by atoms with E-state index in [1.54, 1.807) is 0 Å². The molecule has 17 heavy (non-hydrogen) atoms. The number of thioether (sulfide) groups is 1. The van der Waals surface area contributed by atoms with E-state index in [0.29, 0.717) is 12.0 Å². The zero-order chi connectivity index (χ0) is 12.7. The highest BCUT2D eigenvalue weighted by Gasteiger charge is 2.09. The third-order valence-electron chi connectivity index (χ3n) is 2.42. The van der Waals surface area contributed by atoms with Crippen molar-refractivity contribution in [2.24, 2.45) is 0 Å². The number of nitrogens with one attached hydrogen (secondary N) is 1. The maximum absolute atomic E-state index is 13.1. The van der Waals surface area contributed by atoms with Gasteiger partial charge in [-0.3, -0.25) is 0 Å². The molecular weight excluding hydrogens is 240 g/mol. The topological polar surface area (TPSA) is 12.0 Å². The summed E-state index contributed by atoms with van der Waals surface area (Å²) in [5.41, 5.74) is 0.713.